The molecule has 1 heterocycles. The fourth-order valence-electron chi connectivity index (χ4n) is 1.80. The summed E-state index contributed by atoms with van der Waals surface area (Å²) in [4.78, 5) is 24.1. The van der Waals surface area contributed by atoms with E-state index in [2.05, 4.69) is 19.2 Å². The van der Waals surface area contributed by atoms with E-state index < -0.39 is 12.0 Å². The van der Waals surface area contributed by atoms with Gasteiger partial charge in [0.25, 0.3) is 0 Å². The van der Waals surface area contributed by atoms with Crippen LogP contribution in [0.15, 0.2) is 24.8 Å². The lowest BCUT2D eigenvalue weighted by Crippen LogP contribution is -2.47. The topological polar surface area (TPSA) is 72.6 Å². The highest BCUT2D eigenvalue weighted by Gasteiger charge is 2.29. The van der Waals surface area contributed by atoms with Gasteiger partial charge in [-0.05, 0) is 12.8 Å². The molecule has 5 nitrogen and oxygen atoms in total. The number of carbonyl (C=O) groups is 2. The number of hydrogen-bond acceptors (Lipinski definition) is 4. The zero-order valence-corrected chi connectivity index (χ0v) is 11.0. The van der Waals surface area contributed by atoms with Gasteiger partial charge < -0.3 is 15.4 Å². The van der Waals surface area contributed by atoms with Crippen LogP contribution in [0, 0.1) is 0 Å². The Bertz CT molecular complexity index is 357. The summed E-state index contributed by atoms with van der Waals surface area (Å²) in [7, 11) is 0. The maximum absolute atomic E-state index is 11.8. The molecule has 0 spiro atoms. The molecular formula is C12H18N2O3S. The zero-order valence-electron chi connectivity index (χ0n) is 10.1. The maximum Gasteiger partial charge on any atom is 0.410 e. The number of amides is 2. The third-order valence-corrected chi connectivity index (χ3v) is 3.07. The average molecular weight is 270 g/mol. The van der Waals surface area contributed by atoms with E-state index >= 15 is 0 Å². The SMILES string of the molecule is C=CCOC(=O)N1C[C@@H](S)CC[C@H]1/C=C/C(N)=O. The van der Waals surface area contributed by atoms with Crippen LogP contribution in [0.5, 0.6) is 0 Å². The summed E-state index contributed by atoms with van der Waals surface area (Å²) in [5.41, 5.74) is 5.05. The second kappa shape index (κ2) is 7.10. The van der Waals surface area contributed by atoms with Gasteiger partial charge in [0.05, 0.1) is 6.04 Å². The zero-order chi connectivity index (χ0) is 13.5. The maximum atomic E-state index is 11.8. The predicted molar refractivity (Wildman–Crippen MR) is 72.4 cm³/mol. The number of nitrogens with zero attached hydrogens (tertiary/aromatic N) is 1. The van der Waals surface area contributed by atoms with Gasteiger partial charge in [0.2, 0.25) is 5.91 Å². The van der Waals surface area contributed by atoms with Crippen molar-refractivity contribution in [2.75, 3.05) is 13.2 Å². The molecule has 1 aliphatic heterocycles. The van der Waals surface area contributed by atoms with Gasteiger partial charge in [-0.25, -0.2) is 4.79 Å². The lowest BCUT2D eigenvalue weighted by atomic mass is 10.0. The highest BCUT2D eigenvalue weighted by atomic mass is 32.1. The molecular weight excluding hydrogens is 252 g/mol. The first kappa shape index (κ1) is 14.6. The van der Waals surface area contributed by atoms with E-state index in [9.17, 15) is 9.59 Å². The fourth-order valence-corrected chi connectivity index (χ4v) is 2.13. The van der Waals surface area contributed by atoms with Gasteiger partial charge in [-0.2, -0.15) is 12.6 Å². The molecule has 2 N–H and O–H groups in total. The molecule has 0 aromatic rings. The van der Waals surface area contributed by atoms with Crippen molar-refractivity contribution in [1.29, 1.82) is 0 Å². The van der Waals surface area contributed by atoms with Gasteiger partial charge >= 0.3 is 6.09 Å². The van der Waals surface area contributed by atoms with Gasteiger partial charge in [-0.15, -0.1) is 0 Å². The number of nitrogens with two attached hydrogens (primary N) is 1. The fraction of sp³-hybridized carbons (Fsp3) is 0.500. The molecule has 1 aliphatic rings. The Labute approximate surface area is 112 Å². The number of rotatable bonds is 4. The Kier molecular flexibility index (Phi) is 5.77. The summed E-state index contributed by atoms with van der Waals surface area (Å²) < 4.78 is 5.00. The number of primary amides is 1. The highest BCUT2D eigenvalue weighted by molar-refractivity contribution is 7.81. The molecule has 0 aromatic carbocycles. The van der Waals surface area contributed by atoms with Crippen LogP contribution in [0.25, 0.3) is 0 Å². The first-order valence-electron chi connectivity index (χ1n) is 5.74. The van der Waals surface area contributed by atoms with E-state index in [0.29, 0.717) is 6.54 Å². The van der Waals surface area contributed by atoms with Gasteiger partial charge in [-0.3, -0.25) is 4.79 Å². The normalized spacial score (nSPS) is 23.9. The first-order valence-corrected chi connectivity index (χ1v) is 6.26. The molecule has 0 aliphatic carbocycles. The molecule has 1 fully saturated rings. The third kappa shape index (κ3) is 4.44. The Balaban J connectivity index is 2.69. The molecule has 18 heavy (non-hydrogen) atoms. The molecule has 0 aromatic heterocycles. The lowest BCUT2D eigenvalue weighted by Gasteiger charge is -2.35. The van der Waals surface area contributed by atoms with Crippen LogP contribution < -0.4 is 5.73 Å². The summed E-state index contributed by atoms with van der Waals surface area (Å²) in [5, 5.41) is 0.125. The standard InChI is InChI=1S/C12H18N2O3S/c1-2-7-17-12(16)14-8-10(18)5-3-9(14)4-6-11(13)15/h2,4,6,9-10,18H,1,3,5,7-8H2,(H2,13,15)/b6-4+/t9-,10-/m0/s1. The molecule has 2 amide bonds. The van der Waals surface area contributed by atoms with Gasteiger partial charge in [0.15, 0.2) is 0 Å². The van der Waals surface area contributed by atoms with Crippen molar-refractivity contribution in [3.8, 4) is 0 Å². The minimum absolute atomic E-state index is 0.125. The first-order chi connectivity index (χ1) is 8.54. The Hall–Kier alpha value is -1.43. The van der Waals surface area contributed by atoms with E-state index in [-0.39, 0.29) is 17.9 Å². The molecule has 6 heteroatoms. The van der Waals surface area contributed by atoms with Crippen LogP contribution in [0.2, 0.25) is 0 Å². The average Bonchev–Trinajstić information content (AvgIpc) is 2.34. The summed E-state index contributed by atoms with van der Waals surface area (Å²) in [6.07, 6.45) is 5.61. The quantitative estimate of drug-likeness (QED) is 0.457. The molecule has 0 unspecified atom stereocenters. The van der Waals surface area contributed by atoms with Crippen LogP contribution in [0.3, 0.4) is 0 Å². The third-order valence-electron chi connectivity index (χ3n) is 2.65. The van der Waals surface area contributed by atoms with Crippen LogP contribution >= 0.6 is 12.6 Å². The Morgan fingerprint density at radius 2 is 2.22 bits per heavy atom. The summed E-state index contributed by atoms with van der Waals surface area (Å²) in [5.74, 6) is -0.526. The van der Waals surface area contributed by atoms with Crippen molar-refractivity contribution in [2.24, 2.45) is 5.73 Å². The monoisotopic (exact) mass is 270 g/mol. The molecule has 0 radical (unpaired) electrons. The van der Waals surface area contributed by atoms with Gasteiger partial charge in [0, 0.05) is 17.9 Å². The van der Waals surface area contributed by atoms with Gasteiger partial charge in [-0.1, -0.05) is 18.7 Å². The summed E-state index contributed by atoms with van der Waals surface area (Å²) >= 11 is 4.37. The number of likely N-dealkylation sites (tertiary alicyclic amines) is 1. The van der Waals surface area contributed by atoms with Crippen LogP contribution in [-0.2, 0) is 9.53 Å². The number of hydrogen-bond donors (Lipinski definition) is 2. The number of ether oxygens (including phenoxy) is 1. The van der Waals surface area contributed by atoms with E-state index in [1.807, 2.05) is 0 Å². The van der Waals surface area contributed by atoms with E-state index in [4.69, 9.17) is 10.5 Å². The second-order valence-corrected chi connectivity index (χ2v) is 4.81. The predicted octanol–water partition coefficient (Wildman–Crippen LogP) is 1.11. The molecule has 2 atom stereocenters. The second-order valence-electron chi connectivity index (χ2n) is 4.08. The molecule has 0 saturated carbocycles. The van der Waals surface area contributed by atoms with Crippen LogP contribution in [0.4, 0.5) is 4.79 Å². The molecule has 1 rings (SSSR count). The number of carbonyl (C=O) groups excluding carboxylic acids is 2. The largest absolute Gasteiger partial charge is 0.445 e. The Morgan fingerprint density at radius 1 is 1.50 bits per heavy atom. The molecule has 0 bridgehead atoms. The Morgan fingerprint density at radius 3 is 2.83 bits per heavy atom. The highest BCUT2D eigenvalue weighted by Crippen LogP contribution is 2.22. The van der Waals surface area contributed by atoms with Crippen LogP contribution in [-0.4, -0.2) is 41.3 Å². The molecule has 100 valence electrons. The number of piperidine rings is 1. The van der Waals surface area contributed by atoms with Crippen molar-refractivity contribution >= 4 is 24.6 Å². The van der Waals surface area contributed by atoms with E-state index in [1.54, 1.807) is 11.0 Å². The van der Waals surface area contributed by atoms with Crippen molar-refractivity contribution in [1.82, 2.24) is 4.90 Å². The minimum atomic E-state index is -0.526. The summed E-state index contributed by atoms with van der Waals surface area (Å²) in [6, 6.07) is -0.168. The lowest BCUT2D eigenvalue weighted by molar-refractivity contribution is -0.113. The summed E-state index contributed by atoms with van der Waals surface area (Å²) in [6.45, 7) is 4.14. The number of thiol groups is 1. The van der Waals surface area contributed by atoms with Gasteiger partial charge in [0.1, 0.15) is 6.61 Å². The van der Waals surface area contributed by atoms with E-state index in [1.165, 1.54) is 12.2 Å². The van der Waals surface area contributed by atoms with E-state index in [0.717, 1.165) is 12.8 Å². The minimum Gasteiger partial charge on any atom is -0.445 e. The van der Waals surface area contributed by atoms with Crippen molar-refractivity contribution in [3.63, 3.8) is 0 Å². The van der Waals surface area contributed by atoms with Crippen LogP contribution in [0.1, 0.15) is 12.8 Å². The van der Waals surface area contributed by atoms with Crippen molar-refractivity contribution in [2.45, 2.75) is 24.1 Å². The van der Waals surface area contributed by atoms with Crippen molar-refractivity contribution < 1.29 is 14.3 Å². The molecule has 1 saturated heterocycles. The van der Waals surface area contributed by atoms with Crippen molar-refractivity contribution in [3.05, 3.63) is 24.8 Å². The smallest absolute Gasteiger partial charge is 0.410 e.